The number of nitrogens with one attached hydrogen (secondary N) is 2. The zero-order valence-corrected chi connectivity index (χ0v) is 17.5. The highest BCUT2D eigenvalue weighted by Crippen LogP contribution is 2.14. The number of carbonyl (C=O) groups is 1. The first kappa shape index (κ1) is 20.1. The molecule has 0 aliphatic carbocycles. The number of rotatable bonds is 5. The predicted octanol–water partition coefficient (Wildman–Crippen LogP) is 4.67. The van der Waals surface area contributed by atoms with Crippen molar-refractivity contribution in [2.45, 2.75) is 6.42 Å². The lowest BCUT2D eigenvalue weighted by molar-refractivity contribution is 0.0954. The zero-order chi connectivity index (χ0) is 21.1. The Morgan fingerprint density at radius 3 is 2.50 bits per heavy atom. The van der Waals surface area contributed by atoms with Crippen LogP contribution in [0.5, 0.6) is 0 Å². The SMILES string of the molecule is O=C(NCCc1ccc(Cl)cc1)c1ccc2c(=O)n(-c3ccccc3)c(=S)[nH]c2c1. The molecule has 30 heavy (non-hydrogen) atoms. The molecule has 0 saturated heterocycles. The van der Waals surface area contributed by atoms with E-state index in [4.69, 9.17) is 23.8 Å². The molecule has 150 valence electrons. The number of nitrogens with zero attached hydrogens (tertiary/aromatic N) is 1. The van der Waals surface area contributed by atoms with Gasteiger partial charge in [-0.25, -0.2) is 0 Å². The van der Waals surface area contributed by atoms with E-state index >= 15 is 0 Å². The fourth-order valence-corrected chi connectivity index (χ4v) is 3.67. The number of H-pyrrole nitrogens is 1. The molecule has 1 aromatic heterocycles. The van der Waals surface area contributed by atoms with Crippen LogP contribution >= 0.6 is 23.8 Å². The topological polar surface area (TPSA) is 66.9 Å². The minimum atomic E-state index is -0.227. The van der Waals surface area contributed by atoms with Gasteiger partial charge in [-0.15, -0.1) is 0 Å². The van der Waals surface area contributed by atoms with Gasteiger partial charge in [-0.1, -0.05) is 41.9 Å². The molecule has 3 aromatic carbocycles. The highest BCUT2D eigenvalue weighted by molar-refractivity contribution is 7.71. The quantitative estimate of drug-likeness (QED) is 0.447. The number of amides is 1. The maximum Gasteiger partial charge on any atom is 0.266 e. The molecule has 4 aromatic rings. The summed E-state index contributed by atoms with van der Waals surface area (Å²) in [6, 6.07) is 21.7. The second-order valence-electron chi connectivity index (χ2n) is 6.80. The first-order valence-corrected chi connectivity index (χ1v) is 10.2. The molecule has 0 aliphatic heterocycles. The van der Waals surface area contributed by atoms with Gasteiger partial charge in [-0.3, -0.25) is 14.2 Å². The van der Waals surface area contributed by atoms with Crippen LogP contribution in [0.2, 0.25) is 5.02 Å². The van der Waals surface area contributed by atoms with Crippen molar-refractivity contribution in [3.63, 3.8) is 0 Å². The van der Waals surface area contributed by atoms with Gasteiger partial charge in [-0.2, -0.15) is 0 Å². The number of aromatic nitrogens is 2. The highest BCUT2D eigenvalue weighted by Gasteiger charge is 2.11. The molecule has 1 heterocycles. The van der Waals surface area contributed by atoms with Crippen molar-refractivity contribution in [1.82, 2.24) is 14.9 Å². The molecule has 0 aliphatic rings. The summed E-state index contributed by atoms with van der Waals surface area (Å²) in [5, 5.41) is 4.04. The maximum absolute atomic E-state index is 13.0. The van der Waals surface area contributed by atoms with Crippen LogP contribution in [0.3, 0.4) is 0 Å². The van der Waals surface area contributed by atoms with Crippen molar-refractivity contribution >= 4 is 40.6 Å². The van der Waals surface area contributed by atoms with E-state index in [0.29, 0.717) is 40.1 Å². The third-order valence-corrected chi connectivity index (χ3v) is 5.32. The summed E-state index contributed by atoms with van der Waals surface area (Å²) in [6.07, 6.45) is 0.695. The van der Waals surface area contributed by atoms with Crippen molar-refractivity contribution in [3.05, 3.63) is 104 Å². The molecule has 0 radical (unpaired) electrons. The molecule has 0 atom stereocenters. The van der Waals surface area contributed by atoms with Crippen molar-refractivity contribution < 1.29 is 4.79 Å². The fraction of sp³-hybridized carbons (Fsp3) is 0.0870. The van der Waals surface area contributed by atoms with E-state index in [2.05, 4.69) is 10.3 Å². The number of hydrogen-bond donors (Lipinski definition) is 2. The molecule has 5 nitrogen and oxygen atoms in total. The van der Waals surface area contributed by atoms with Crippen LogP contribution in [0, 0.1) is 4.77 Å². The molecule has 0 unspecified atom stereocenters. The molecule has 1 amide bonds. The number of hydrogen-bond acceptors (Lipinski definition) is 3. The smallest absolute Gasteiger partial charge is 0.266 e. The van der Waals surface area contributed by atoms with Crippen molar-refractivity contribution in [3.8, 4) is 5.69 Å². The van der Waals surface area contributed by atoms with E-state index in [1.165, 1.54) is 4.57 Å². The molecule has 0 saturated carbocycles. The molecule has 0 spiro atoms. The average molecular weight is 436 g/mol. The van der Waals surface area contributed by atoms with Gasteiger partial charge in [-0.05, 0) is 66.7 Å². The minimum absolute atomic E-state index is 0.211. The molecular weight excluding hydrogens is 418 g/mol. The van der Waals surface area contributed by atoms with Gasteiger partial charge >= 0.3 is 0 Å². The number of fused-ring (bicyclic) bond motifs is 1. The van der Waals surface area contributed by atoms with E-state index in [-0.39, 0.29) is 16.2 Å². The van der Waals surface area contributed by atoms with Crippen LogP contribution in [-0.2, 0) is 6.42 Å². The van der Waals surface area contributed by atoms with E-state index in [0.717, 1.165) is 5.56 Å². The molecule has 0 bridgehead atoms. The van der Waals surface area contributed by atoms with E-state index < -0.39 is 0 Å². The van der Waals surface area contributed by atoms with Crippen molar-refractivity contribution in [2.24, 2.45) is 0 Å². The van der Waals surface area contributed by atoms with Crippen molar-refractivity contribution in [2.75, 3.05) is 6.54 Å². The number of para-hydroxylation sites is 1. The van der Waals surface area contributed by atoms with Crippen LogP contribution in [-0.4, -0.2) is 22.0 Å². The lowest BCUT2D eigenvalue weighted by Gasteiger charge is -2.10. The Labute approximate surface area is 183 Å². The maximum atomic E-state index is 13.0. The Balaban J connectivity index is 1.56. The summed E-state index contributed by atoms with van der Waals surface area (Å²) in [5.41, 5.74) is 2.54. The number of halogens is 1. The molecule has 4 rings (SSSR count). The van der Waals surface area contributed by atoms with Gasteiger partial charge in [0.25, 0.3) is 11.5 Å². The van der Waals surface area contributed by atoms with E-state index in [1.807, 2.05) is 54.6 Å². The lowest BCUT2D eigenvalue weighted by atomic mass is 10.1. The Morgan fingerprint density at radius 1 is 1.03 bits per heavy atom. The predicted molar refractivity (Wildman–Crippen MR) is 122 cm³/mol. The van der Waals surface area contributed by atoms with E-state index in [1.54, 1.807) is 18.2 Å². The summed E-state index contributed by atoms with van der Waals surface area (Å²) in [4.78, 5) is 28.6. The molecule has 2 N–H and O–H groups in total. The third-order valence-electron chi connectivity index (χ3n) is 4.79. The lowest BCUT2D eigenvalue weighted by Crippen LogP contribution is -2.26. The Bertz CT molecular complexity index is 1330. The van der Waals surface area contributed by atoms with Gasteiger partial charge < -0.3 is 10.3 Å². The zero-order valence-electron chi connectivity index (χ0n) is 15.9. The average Bonchev–Trinajstić information content (AvgIpc) is 2.75. The van der Waals surface area contributed by atoms with Gasteiger partial charge in [0.15, 0.2) is 4.77 Å². The van der Waals surface area contributed by atoms with Crippen LogP contribution in [0.4, 0.5) is 0 Å². The van der Waals surface area contributed by atoms with Crippen LogP contribution in [0.15, 0.2) is 77.6 Å². The summed E-state index contributed by atoms with van der Waals surface area (Å²) in [5.74, 6) is -0.211. The van der Waals surface area contributed by atoms with Gasteiger partial charge in [0.05, 0.1) is 16.6 Å². The summed E-state index contributed by atoms with van der Waals surface area (Å²) in [7, 11) is 0. The highest BCUT2D eigenvalue weighted by atomic mass is 35.5. The first-order valence-electron chi connectivity index (χ1n) is 9.40. The van der Waals surface area contributed by atoms with Gasteiger partial charge in [0, 0.05) is 17.1 Å². The second-order valence-corrected chi connectivity index (χ2v) is 7.62. The number of benzene rings is 3. The fourth-order valence-electron chi connectivity index (χ4n) is 3.24. The number of carbonyl (C=O) groups excluding carboxylic acids is 1. The largest absolute Gasteiger partial charge is 0.352 e. The Hall–Kier alpha value is -3.22. The number of aromatic amines is 1. The third kappa shape index (κ3) is 4.20. The van der Waals surface area contributed by atoms with Crippen LogP contribution in [0.1, 0.15) is 15.9 Å². The minimum Gasteiger partial charge on any atom is -0.352 e. The van der Waals surface area contributed by atoms with Crippen LogP contribution < -0.4 is 10.9 Å². The first-order chi connectivity index (χ1) is 14.5. The normalized spacial score (nSPS) is 10.8. The van der Waals surface area contributed by atoms with E-state index in [9.17, 15) is 9.59 Å². The second kappa shape index (κ2) is 8.65. The summed E-state index contributed by atoms with van der Waals surface area (Å²) >= 11 is 11.3. The molecule has 7 heteroatoms. The summed E-state index contributed by atoms with van der Waals surface area (Å²) < 4.78 is 1.72. The van der Waals surface area contributed by atoms with Crippen molar-refractivity contribution in [1.29, 1.82) is 0 Å². The monoisotopic (exact) mass is 435 g/mol. The Kier molecular flexibility index (Phi) is 5.79. The standard InChI is InChI=1S/C23H18ClN3O2S/c24-17-9-6-15(7-10-17)12-13-25-21(28)16-8-11-19-20(14-16)26-23(30)27(22(19)29)18-4-2-1-3-5-18/h1-11,14H,12-13H2,(H,25,28)(H,26,30). The van der Waals surface area contributed by atoms with Crippen LogP contribution in [0.25, 0.3) is 16.6 Å². The summed E-state index contributed by atoms with van der Waals surface area (Å²) in [6.45, 7) is 0.490. The molecular formula is C23H18ClN3O2S. The van der Waals surface area contributed by atoms with Gasteiger partial charge in [0.2, 0.25) is 0 Å². The molecule has 0 fully saturated rings. The Morgan fingerprint density at radius 2 is 1.77 bits per heavy atom. The van der Waals surface area contributed by atoms with Gasteiger partial charge in [0.1, 0.15) is 0 Å².